The van der Waals surface area contributed by atoms with E-state index in [1.54, 1.807) is 0 Å². The van der Waals surface area contributed by atoms with Crippen LogP contribution in [0.5, 0.6) is 0 Å². The first-order chi connectivity index (χ1) is 7.15. The van der Waals surface area contributed by atoms with Gasteiger partial charge in [-0.2, -0.15) is 0 Å². The highest BCUT2D eigenvalue weighted by Gasteiger charge is 2.37. The van der Waals surface area contributed by atoms with Crippen LogP contribution in [0.2, 0.25) is 5.54 Å². The predicted octanol–water partition coefficient (Wildman–Crippen LogP) is 2.98. The fraction of sp³-hybridized carbons (Fsp3) is 0.500. The molecule has 15 heavy (non-hydrogen) atoms. The van der Waals surface area contributed by atoms with Gasteiger partial charge in [-0.15, -0.1) is 11.1 Å². The molecule has 0 fully saturated rings. The summed E-state index contributed by atoms with van der Waals surface area (Å²) in [6, 6.07) is 10.5. The van der Waals surface area contributed by atoms with Gasteiger partial charge in [0, 0.05) is 0 Å². The first-order valence-electron chi connectivity index (χ1n) is 5.64. The van der Waals surface area contributed by atoms with Crippen LogP contribution in [0.1, 0.15) is 27.2 Å². The third kappa shape index (κ3) is 2.83. The predicted molar refractivity (Wildman–Crippen MR) is 71.1 cm³/mol. The van der Waals surface area contributed by atoms with Gasteiger partial charge in [0.2, 0.25) is 0 Å². The highest BCUT2D eigenvalue weighted by atomic mass is 35.6. The smallest absolute Gasteiger partial charge is 0.260 e. The normalized spacial score (nSPS) is 17.1. The Hall–Kier alpha value is -0.313. The van der Waals surface area contributed by atoms with E-state index in [9.17, 15) is 0 Å². The second-order valence-electron chi connectivity index (χ2n) is 3.92. The Kier molecular flexibility index (Phi) is 4.83. The van der Waals surface area contributed by atoms with Gasteiger partial charge in [0.1, 0.15) is 0 Å². The van der Waals surface area contributed by atoms with Crippen molar-refractivity contribution in [1.82, 2.24) is 4.98 Å². The minimum Gasteiger partial charge on any atom is -0.322 e. The molecule has 0 spiro atoms. The lowest BCUT2D eigenvalue weighted by molar-refractivity contribution is 0.818. The van der Waals surface area contributed by atoms with Gasteiger partial charge in [0.25, 0.3) is 7.55 Å². The van der Waals surface area contributed by atoms with Crippen LogP contribution in [0, 0.1) is 0 Å². The van der Waals surface area contributed by atoms with E-state index in [4.69, 9.17) is 11.1 Å². The maximum absolute atomic E-state index is 6.84. The van der Waals surface area contributed by atoms with Crippen LogP contribution in [0.25, 0.3) is 0 Å². The molecular weight excluding hydrogens is 222 g/mol. The molecule has 0 aliphatic rings. The van der Waals surface area contributed by atoms with E-state index in [0.717, 1.165) is 13.0 Å². The van der Waals surface area contributed by atoms with Crippen LogP contribution in [0.4, 0.5) is 0 Å². The second-order valence-corrected chi connectivity index (χ2v) is 9.05. The van der Waals surface area contributed by atoms with Crippen LogP contribution in [0.15, 0.2) is 30.3 Å². The van der Waals surface area contributed by atoms with Crippen molar-refractivity contribution in [2.24, 2.45) is 0 Å². The van der Waals surface area contributed by atoms with Crippen molar-refractivity contribution < 1.29 is 0 Å². The van der Waals surface area contributed by atoms with E-state index >= 15 is 0 Å². The molecule has 0 amide bonds. The van der Waals surface area contributed by atoms with E-state index in [-0.39, 0.29) is 0 Å². The van der Waals surface area contributed by atoms with Gasteiger partial charge in [-0.1, -0.05) is 57.5 Å². The zero-order chi connectivity index (χ0) is 11.3. The first-order valence-corrected chi connectivity index (χ1v) is 8.73. The van der Waals surface area contributed by atoms with Crippen molar-refractivity contribution in [2.75, 3.05) is 6.54 Å². The van der Waals surface area contributed by atoms with Gasteiger partial charge in [-0.3, -0.25) is 0 Å². The van der Waals surface area contributed by atoms with Crippen molar-refractivity contribution in [3.05, 3.63) is 30.3 Å². The summed E-state index contributed by atoms with van der Waals surface area (Å²) in [6.45, 7) is 7.51. The Bertz CT molecular complexity index is 291. The minimum atomic E-state index is -2.01. The molecule has 0 bridgehead atoms. The number of nitrogens with one attached hydrogen (secondary N) is 1. The van der Waals surface area contributed by atoms with E-state index in [1.165, 1.54) is 5.19 Å². The molecule has 84 valence electrons. The minimum absolute atomic E-state index is 0.543. The summed E-state index contributed by atoms with van der Waals surface area (Å²) < 4.78 is 0. The zero-order valence-corrected chi connectivity index (χ0v) is 11.5. The standard InChI is InChI=1S/C12H20ClNSi/c1-4-11(3)15(13,14-5-2)12-9-7-6-8-10-12/h6-11,14H,4-5H2,1-3H3. The van der Waals surface area contributed by atoms with Gasteiger partial charge in [-0.25, -0.2) is 0 Å². The molecule has 0 radical (unpaired) electrons. The van der Waals surface area contributed by atoms with Crippen molar-refractivity contribution >= 4 is 23.8 Å². The zero-order valence-electron chi connectivity index (χ0n) is 9.76. The highest BCUT2D eigenvalue weighted by molar-refractivity contribution is 7.26. The molecular formula is C12H20ClNSi. The number of rotatable bonds is 5. The van der Waals surface area contributed by atoms with Gasteiger partial charge < -0.3 is 4.98 Å². The third-order valence-corrected chi connectivity index (χ3v) is 8.90. The van der Waals surface area contributed by atoms with Crippen LogP contribution in [-0.2, 0) is 0 Å². The van der Waals surface area contributed by atoms with Crippen molar-refractivity contribution in [2.45, 2.75) is 32.7 Å². The van der Waals surface area contributed by atoms with Crippen LogP contribution >= 0.6 is 11.1 Å². The molecule has 2 atom stereocenters. The Morgan fingerprint density at radius 2 is 1.87 bits per heavy atom. The number of hydrogen-bond donors (Lipinski definition) is 1. The Labute approximate surface area is 98.6 Å². The molecule has 1 aromatic rings. The molecule has 0 aliphatic heterocycles. The summed E-state index contributed by atoms with van der Waals surface area (Å²) in [5.41, 5.74) is 0.543. The molecule has 1 aromatic carbocycles. The molecule has 1 rings (SSSR count). The Balaban J connectivity index is 3.01. The highest BCUT2D eigenvalue weighted by Crippen LogP contribution is 2.25. The molecule has 1 N–H and O–H groups in total. The summed E-state index contributed by atoms with van der Waals surface area (Å²) >= 11 is 6.84. The molecule has 1 nitrogen and oxygen atoms in total. The molecule has 3 heteroatoms. The molecule has 0 saturated heterocycles. The summed E-state index contributed by atoms with van der Waals surface area (Å²) in [5.74, 6) is 0. The first kappa shape index (κ1) is 12.8. The summed E-state index contributed by atoms with van der Waals surface area (Å²) in [5, 5.41) is 1.29. The second kappa shape index (κ2) is 5.68. The lowest BCUT2D eigenvalue weighted by Gasteiger charge is -2.31. The largest absolute Gasteiger partial charge is 0.322 e. The van der Waals surface area contributed by atoms with Gasteiger partial charge in [-0.05, 0) is 17.3 Å². The average Bonchev–Trinajstić information content (AvgIpc) is 2.29. The molecule has 0 saturated carbocycles. The number of hydrogen-bond acceptors (Lipinski definition) is 1. The number of halogens is 1. The monoisotopic (exact) mass is 241 g/mol. The Morgan fingerprint density at radius 3 is 2.33 bits per heavy atom. The van der Waals surface area contributed by atoms with E-state index < -0.39 is 7.55 Å². The molecule has 0 heterocycles. The topological polar surface area (TPSA) is 12.0 Å². The summed E-state index contributed by atoms with van der Waals surface area (Å²) in [4.78, 5) is 3.53. The van der Waals surface area contributed by atoms with Gasteiger partial charge in [0.05, 0.1) is 0 Å². The van der Waals surface area contributed by atoms with E-state index in [0.29, 0.717) is 5.54 Å². The quantitative estimate of drug-likeness (QED) is 0.618. The summed E-state index contributed by atoms with van der Waals surface area (Å²) in [6.07, 6.45) is 1.12. The van der Waals surface area contributed by atoms with Crippen LogP contribution < -0.4 is 10.2 Å². The van der Waals surface area contributed by atoms with Crippen molar-refractivity contribution in [3.8, 4) is 0 Å². The maximum Gasteiger partial charge on any atom is 0.260 e. The average molecular weight is 242 g/mol. The third-order valence-electron chi connectivity index (χ3n) is 2.92. The molecule has 0 aliphatic carbocycles. The Morgan fingerprint density at radius 1 is 1.27 bits per heavy atom. The van der Waals surface area contributed by atoms with Crippen LogP contribution in [-0.4, -0.2) is 14.1 Å². The fourth-order valence-electron chi connectivity index (χ4n) is 1.78. The van der Waals surface area contributed by atoms with E-state index in [2.05, 4.69) is 50.0 Å². The number of benzene rings is 1. The van der Waals surface area contributed by atoms with Gasteiger partial charge >= 0.3 is 0 Å². The lowest BCUT2D eigenvalue weighted by Crippen LogP contribution is -2.58. The van der Waals surface area contributed by atoms with Crippen molar-refractivity contribution in [3.63, 3.8) is 0 Å². The van der Waals surface area contributed by atoms with E-state index in [1.807, 2.05) is 6.07 Å². The van der Waals surface area contributed by atoms with Crippen molar-refractivity contribution in [1.29, 1.82) is 0 Å². The SMILES string of the molecule is CCN[Si](Cl)(c1ccccc1)C(C)CC. The molecule has 2 unspecified atom stereocenters. The lowest BCUT2D eigenvalue weighted by atomic mass is 10.4. The van der Waals surface area contributed by atoms with Crippen LogP contribution in [0.3, 0.4) is 0 Å². The summed E-state index contributed by atoms with van der Waals surface area (Å²) in [7, 11) is -2.01. The molecule has 0 aromatic heterocycles. The maximum atomic E-state index is 6.84. The fourth-order valence-corrected chi connectivity index (χ4v) is 5.90. The van der Waals surface area contributed by atoms with Gasteiger partial charge in [0.15, 0.2) is 0 Å².